The lowest BCUT2D eigenvalue weighted by atomic mass is 9.61. The molecule has 1 saturated carbocycles. The Morgan fingerprint density at radius 2 is 2.00 bits per heavy atom. The van der Waals surface area contributed by atoms with Gasteiger partial charge in [-0.05, 0) is 25.0 Å². The van der Waals surface area contributed by atoms with E-state index in [2.05, 4.69) is 27.8 Å². The first-order chi connectivity index (χ1) is 15.1. The number of para-hydroxylation sites is 1. The van der Waals surface area contributed by atoms with E-state index < -0.39 is 11.3 Å². The minimum Gasteiger partial charge on any atom is -0.323 e. The highest BCUT2D eigenvalue weighted by atomic mass is 32.2. The van der Waals surface area contributed by atoms with E-state index in [9.17, 15) is 20.1 Å². The van der Waals surface area contributed by atoms with Crippen LogP contribution >= 0.6 is 11.8 Å². The molecule has 1 aromatic heterocycles. The Morgan fingerprint density at radius 1 is 1.23 bits per heavy atom. The van der Waals surface area contributed by atoms with Crippen LogP contribution in [0.1, 0.15) is 32.1 Å². The third kappa shape index (κ3) is 3.87. The van der Waals surface area contributed by atoms with Crippen LogP contribution in [-0.2, 0) is 9.59 Å². The molecule has 1 aliphatic heterocycles. The molecule has 0 saturated heterocycles. The molecule has 0 radical (unpaired) electrons. The number of carbonyl (C=O) groups is 2. The topological polar surface area (TPSA) is 119 Å². The molecule has 156 valence electrons. The maximum atomic E-state index is 12.7. The van der Waals surface area contributed by atoms with Crippen molar-refractivity contribution in [3.8, 4) is 12.1 Å². The highest BCUT2D eigenvalue weighted by Crippen LogP contribution is 2.51. The summed E-state index contributed by atoms with van der Waals surface area (Å²) in [7, 11) is 0. The van der Waals surface area contributed by atoms with Crippen molar-refractivity contribution < 1.29 is 9.59 Å². The van der Waals surface area contributed by atoms with Gasteiger partial charge in [0.05, 0.1) is 39.7 Å². The molecule has 2 amide bonds. The Labute approximate surface area is 184 Å². The van der Waals surface area contributed by atoms with Gasteiger partial charge in [0, 0.05) is 17.0 Å². The van der Waals surface area contributed by atoms with Gasteiger partial charge in [-0.25, -0.2) is 0 Å². The number of fused-ring (bicyclic) bond motifs is 1. The number of amides is 2. The Balaban J connectivity index is 1.55. The molecular weight excluding hydrogens is 410 g/mol. The lowest BCUT2D eigenvalue weighted by molar-refractivity contribution is -0.126. The first-order valence-electron chi connectivity index (χ1n) is 10.2. The quantitative estimate of drug-likeness (QED) is 0.759. The van der Waals surface area contributed by atoms with Crippen molar-refractivity contribution in [1.29, 1.82) is 10.5 Å². The van der Waals surface area contributed by atoms with E-state index in [4.69, 9.17) is 0 Å². The summed E-state index contributed by atoms with van der Waals surface area (Å²) in [6.07, 6.45) is 5.74. The summed E-state index contributed by atoms with van der Waals surface area (Å²) in [5, 5.41) is 26.4. The van der Waals surface area contributed by atoms with Crippen molar-refractivity contribution in [2.75, 3.05) is 11.1 Å². The molecule has 1 fully saturated rings. The summed E-state index contributed by atoms with van der Waals surface area (Å²) >= 11 is 1.13. The number of hydrogen-bond acceptors (Lipinski definition) is 6. The first kappa shape index (κ1) is 20.9. The maximum Gasteiger partial charge on any atom is 0.243 e. The highest BCUT2D eigenvalue weighted by Gasteiger charge is 2.51. The standard InChI is InChI=1S/C23H21N5O2S/c24-12-16-21(30)28-22(17(13-25)23(16)9-2-1-3-10-23)31-14-19(29)27-18-8-4-6-15-7-5-11-26-20(15)18/h4-8,11,16H,1-3,9-10,14H2,(H,27,29)(H,28,30)/t16-/m0/s1. The van der Waals surface area contributed by atoms with Crippen LogP contribution in [0.25, 0.3) is 10.9 Å². The van der Waals surface area contributed by atoms with E-state index in [0.717, 1.165) is 36.4 Å². The monoisotopic (exact) mass is 431 g/mol. The highest BCUT2D eigenvalue weighted by molar-refractivity contribution is 8.03. The van der Waals surface area contributed by atoms with E-state index in [1.807, 2.05) is 24.3 Å². The second-order valence-corrected chi connectivity index (χ2v) is 8.79. The molecule has 1 spiro atoms. The summed E-state index contributed by atoms with van der Waals surface area (Å²) in [4.78, 5) is 29.6. The second-order valence-electron chi connectivity index (χ2n) is 7.80. The fourth-order valence-electron chi connectivity index (χ4n) is 4.57. The third-order valence-corrected chi connectivity index (χ3v) is 7.02. The van der Waals surface area contributed by atoms with Gasteiger partial charge in [0.1, 0.15) is 5.92 Å². The maximum absolute atomic E-state index is 12.7. The summed E-state index contributed by atoms with van der Waals surface area (Å²) in [6, 6.07) is 13.7. The fraction of sp³-hybridized carbons (Fsp3) is 0.348. The van der Waals surface area contributed by atoms with Gasteiger partial charge in [-0.2, -0.15) is 10.5 Å². The number of allylic oxidation sites excluding steroid dienone is 1. The van der Waals surface area contributed by atoms with E-state index in [1.54, 1.807) is 12.3 Å². The molecule has 0 bridgehead atoms. The van der Waals surface area contributed by atoms with Crippen LogP contribution in [0.5, 0.6) is 0 Å². The molecule has 2 aliphatic rings. The van der Waals surface area contributed by atoms with Crippen LogP contribution in [0, 0.1) is 34.0 Å². The van der Waals surface area contributed by atoms with Gasteiger partial charge in [0.25, 0.3) is 0 Å². The van der Waals surface area contributed by atoms with Crippen LogP contribution < -0.4 is 10.6 Å². The molecule has 8 heteroatoms. The lowest BCUT2D eigenvalue weighted by Crippen LogP contribution is -2.48. The fourth-order valence-corrected chi connectivity index (χ4v) is 5.48. The van der Waals surface area contributed by atoms with E-state index in [1.165, 1.54) is 0 Å². The molecule has 2 heterocycles. The van der Waals surface area contributed by atoms with Gasteiger partial charge < -0.3 is 10.6 Å². The summed E-state index contributed by atoms with van der Waals surface area (Å²) in [5.74, 6) is -1.49. The van der Waals surface area contributed by atoms with Crippen LogP contribution in [0.3, 0.4) is 0 Å². The number of thioether (sulfide) groups is 1. The van der Waals surface area contributed by atoms with Gasteiger partial charge in [-0.1, -0.05) is 49.2 Å². The van der Waals surface area contributed by atoms with Crippen molar-refractivity contribution in [2.45, 2.75) is 32.1 Å². The predicted octanol–water partition coefficient (Wildman–Crippen LogP) is 3.86. The number of nitrogens with one attached hydrogen (secondary N) is 2. The van der Waals surface area contributed by atoms with Crippen LogP contribution in [0.4, 0.5) is 5.69 Å². The Hall–Kier alpha value is -3.36. The lowest BCUT2D eigenvalue weighted by Gasteiger charge is -2.43. The third-order valence-electron chi connectivity index (χ3n) is 6.02. The minimum absolute atomic E-state index is 0.0251. The molecule has 0 unspecified atom stereocenters. The molecule has 1 aliphatic carbocycles. The van der Waals surface area contributed by atoms with Crippen molar-refractivity contribution in [2.24, 2.45) is 11.3 Å². The van der Waals surface area contributed by atoms with Gasteiger partial charge in [-0.3, -0.25) is 14.6 Å². The molecule has 2 N–H and O–H groups in total. The second kappa shape index (κ2) is 8.79. The van der Waals surface area contributed by atoms with E-state index in [0.29, 0.717) is 34.6 Å². The number of pyridine rings is 1. The van der Waals surface area contributed by atoms with Crippen LogP contribution in [-0.4, -0.2) is 22.6 Å². The smallest absolute Gasteiger partial charge is 0.243 e. The number of rotatable bonds is 4. The van der Waals surface area contributed by atoms with Crippen molar-refractivity contribution in [3.63, 3.8) is 0 Å². The normalized spacial score (nSPS) is 20.1. The number of aromatic nitrogens is 1. The first-order valence-corrected chi connectivity index (χ1v) is 11.2. The van der Waals surface area contributed by atoms with Crippen molar-refractivity contribution >= 4 is 40.2 Å². The van der Waals surface area contributed by atoms with E-state index >= 15 is 0 Å². The summed E-state index contributed by atoms with van der Waals surface area (Å²) in [6.45, 7) is 0. The molecule has 31 heavy (non-hydrogen) atoms. The SMILES string of the molecule is N#CC1=C(SCC(=O)Nc2cccc3cccnc23)NC(=O)[C@H](C#N)C12CCCCC2. The predicted molar refractivity (Wildman–Crippen MR) is 118 cm³/mol. The largest absolute Gasteiger partial charge is 0.323 e. The van der Waals surface area contributed by atoms with Crippen molar-refractivity contribution in [1.82, 2.24) is 10.3 Å². The Bertz CT molecular complexity index is 1150. The van der Waals surface area contributed by atoms with Crippen LogP contribution in [0.2, 0.25) is 0 Å². The molecule has 1 aromatic carbocycles. The van der Waals surface area contributed by atoms with Crippen LogP contribution in [0.15, 0.2) is 47.1 Å². The minimum atomic E-state index is -0.873. The summed E-state index contributed by atoms with van der Waals surface area (Å²) < 4.78 is 0. The zero-order valence-electron chi connectivity index (χ0n) is 16.9. The van der Waals surface area contributed by atoms with Crippen molar-refractivity contribution in [3.05, 3.63) is 47.1 Å². The number of anilines is 1. The number of nitriles is 2. The number of hydrogen-bond donors (Lipinski definition) is 2. The Kier molecular flexibility index (Phi) is 5.92. The Morgan fingerprint density at radius 3 is 2.74 bits per heavy atom. The van der Waals surface area contributed by atoms with Gasteiger partial charge in [-0.15, -0.1) is 0 Å². The number of nitrogens with zero attached hydrogens (tertiary/aromatic N) is 3. The average molecular weight is 432 g/mol. The molecular formula is C23H21N5O2S. The molecule has 4 rings (SSSR count). The zero-order chi connectivity index (χ0) is 21.8. The zero-order valence-corrected chi connectivity index (χ0v) is 17.7. The van der Waals surface area contributed by atoms with Gasteiger partial charge in [0.2, 0.25) is 11.8 Å². The molecule has 7 nitrogen and oxygen atoms in total. The van der Waals surface area contributed by atoms with Gasteiger partial charge in [0.15, 0.2) is 0 Å². The number of carbonyl (C=O) groups excluding carboxylic acids is 2. The molecule has 1 atom stereocenters. The molecule has 2 aromatic rings. The van der Waals surface area contributed by atoms with Gasteiger partial charge >= 0.3 is 0 Å². The summed E-state index contributed by atoms with van der Waals surface area (Å²) in [5.41, 5.74) is 0.994. The van der Waals surface area contributed by atoms with E-state index in [-0.39, 0.29) is 17.6 Å². The average Bonchev–Trinajstić information content (AvgIpc) is 2.79. The number of benzene rings is 1.